The molecular formula is C72H127N3O19. The van der Waals surface area contributed by atoms with Crippen molar-refractivity contribution in [2.24, 2.45) is 11.5 Å². The zero-order valence-electron chi connectivity index (χ0n) is 58.6. The Morgan fingerprint density at radius 3 is 0.894 bits per heavy atom. The van der Waals surface area contributed by atoms with Crippen LogP contribution in [0.2, 0.25) is 0 Å². The number of nitrogens with two attached hydrogens (primary N) is 2. The van der Waals surface area contributed by atoms with Crippen molar-refractivity contribution in [3.8, 4) is 0 Å². The van der Waals surface area contributed by atoms with E-state index in [-0.39, 0.29) is 95.7 Å². The third-order valence-electron chi connectivity index (χ3n) is 15.4. The van der Waals surface area contributed by atoms with E-state index in [1.54, 1.807) is 0 Å². The standard InChI is InChI=1S/C72H127N3O19/c1-5-9-11-12-13-19-30-43-59(76)44-31-20-14-21-32-45-64(77)86-55-60(91-69(82)50-37-26-18-29-40-53-72(85)94-75-54-10-6-2)56-87-65(78)46-33-22-15-23-34-47-66(79)88-57-61(90-68(81)49-36-25-17-28-39-52-71(84)93-63(74)42-8-4)58-89-67(80)48-35-24-16-27-38-51-70(83)92-62(73)41-7-3/h11-12,60-63,75H,5-10,13-58,73-74H2,1-4H3/b12-11+. The van der Waals surface area contributed by atoms with Gasteiger partial charge in [0.05, 0.1) is 0 Å². The van der Waals surface area contributed by atoms with E-state index >= 15 is 0 Å². The number of esters is 8. The first-order chi connectivity index (χ1) is 45.5. The molecule has 0 aromatic rings. The fourth-order valence-electron chi connectivity index (χ4n) is 9.84. The second kappa shape index (κ2) is 64.8. The van der Waals surface area contributed by atoms with Crippen molar-refractivity contribution in [2.75, 3.05) is 33.0 Å². The molecule has 0 spiro atoms. The molecule has 0 aliphatic rings. The Morgan fingerprint density at radius 1 is 0.298 bits per heavy atom. The van der Waals surface area contributed by atoms with E-state index < -0.39 is 60.5 Å². The molecule has 0 aliphatic carbocycles. The molecule has 0 aromatic heterocycles. The number of nitrogens with one attached hydrogen (secondary N) is 1. The molecule has 0 fully saturated rings. The van der Waals surface area contributed by atoms with E-state index in [1.165, 1.54) is 0 Å². The lowest BCUT2D eigenvalue weighted by Crippen LogP contribution is -2.30. The van der Waals surface area contributed by atoms with Gasteiger partial charge in [-0.05, 0) is 109 Å². The van der Waals surface area contributed by atoms with E-state index in [4.69, 9.17) is 54.2 Å². The molecule has 0 bridgehead atoms. The maximum atomic E-state index is 12.9. The summed E-state index contributed by atoms with van der Waals surface area (Å²) in [5.41, 5.74) is 14.2. The van der Waals surface area contributed by atoms with Crippen molar-refractivity contribution in [1.29, 1.82) is 0 Å². The predicted molar refractivity (Wildman–Crippen MR) is 360 cm³/mol. The second-order valence-electron chi connectivity index (χ2n) is 24.7. The Balaban J connectivity index is 5.04. The Labute approximate surface area is 564 Å². The first-order valence-corrected chi connectivity index (χ1v) is 36.5. The summed E-state index contributed by atoms with van der Waals surface area (Å²) in [6.07, 6.45) is 31.9. The number of carbonyl (C=O) groups excluding carboxylic acids is 10. The minimum absolute atomic E-state index is 0.0980. The number of unbranched alkanes of at least 4 members (excludes halogenated alkanes) is 24. The van der Waals surface area contributed by atoms with Crippen LogP contribution in [0.4, 0.5) is 0 Å². The lowest BCUT2D eigenvalue weighted by Gasteiger charge is -2.18. The lowest BCUT2D eigenvalue weighted by molar-refractivity contribution is -0.167. The molecule has 94 heavy (non-hydrogen) atoms. The topological polar surface area (TPSA) is 318 Å². The van der Waals surface area contributed by atoms with E-state index in [0.29, 0.717) is 115 Å². The molecule has 0 saturated heterocycles. The minimum atomic E-state index is -1.01. The number of hydrogen-bond donors (Lipinski definition) is 3. The third kappa shape index (κ3) is 61.4. The van der Waals surface area contributed by atoms with Gasteiger partial charge >= 0.3 is 53.7 Å². The Bertz CT molecular complexity index is 2020. The number of Topliss-reactive ketones (excluding diaryl/α,β-unsaturated/α-hetero) is 1. The average Bonchev–Trinajstić information content (AvgIpc) is 3.48. The number of hydroxylamine groups is 1. The Morgan fingerprint density at radius 2 is 0.574 bits per heavy atom. The summed E-state index contributed by atoms with van der Waals surface area (Å²) in [6.45, 7) is 7.64. The summed E-state index contributed by atoms with van der Waals surface area (Å²) in [7, 11) is 0. The van der Waals surface area contributed by atoms with Gasteiger partial charge in [-0.1, -0.05) is 162 Å². The fraction of sp³-hybridized carbons (Fsp3) is 0.833. The van der Waals surface area contributed by atoms with Crippen molar-refractivity contribution in [3.63, 3.8) is 0 Å². The SMILES string of the molecule is CCC/C=C/CCCCC(=O)CCCCCCCC(=O)OCC(COC(=O)CCCCCCCC(=O)OCC(COC(=O)CCCCCCCC(=O)OC(N)CCC)OC(=O)CCCCCCCC(=O)OC(N)CCC)OC(=O)CCCCCCCC(=O)ONCCCC. The first kappa shape index (κ1) is 88.5. The summed E-state index contributed by atoms with van der Waals surface area (Å²) in [4.78, 5) is 130. The minimum Gasteiger partial charge on any atom is -0.462 e. The van der Waals surface area contributed by atoms with Crippen LogP contribution in [-0.4, -0.2) is 117 Å². The zero-order chi connectivity index (χ0) is 69.3. The van der Waals surface area contributed by atoms with Gasteiger partial charge in [0.1, 0.15) is 32.2 Å². The molecule has 4 unspecified atom stereocenters. The van der Waals surface area contributed by atoms with Crippen molar-refractivity contribution in [3.05, 3.63) is 12.2 Å². The molecule has 0 aliphatic heterocycles. The smallest absolute Gasteiger partial charge is 0.324 e. The normalized spacial score (nSPS) is 12.5. The van der Waals surface area contributed by atoms with Crippen LogP contribution in [0.1, 0.15) is 329 Å². The van der Waals surface area contributed by atoms with Gasteiger partial charge in [-0.2, -0.15) is 5.48 Å². The van der Waals surface area contributed by atoms with E-state index in [2.05, 4.69) is 31.5 Å². The van der Waals surface area contributed by atoms with Crippen LogP contribution < -0.4 is 16.9 Å². The number of allylic oxidation sites excluding steroid dienone is 2. The molecule has 0 radical (unpaired) electrons. The highest BCUT2D eigenvalue weighted by molar-refractivity contribution is 5.78. The van der Waals surface area contributed by atoms with Crippen LogP contribution in [0.15, 0.2) is 12.2 Å². The van der Waals surface area contributed by atoms with Crippen molar-refractivity contribution < 1.29 is 90.7 Å². The zero-order valence-corrected chi connectivity index (χ0v) is 58.6. The molecule has 22 heteroatoms. The summed E-state index contributed by atoms with van der Waals surface area (Å²) in [6, 6.07) is 0. The number of ether oxygens (including phenoxy) is 8. The van der Waals surface area contributed by atoms with Gasteiger partial charge in [0.15, 0.2) is 24.7 Å². The summed E-state index contributed by atoms with van der Waals surface area (Å²) >= 11 is 0. The molecule has 4 atom stereocenters. The fourth-order valence-corrected chi connectivity index (χ4v) is 9.84. The number of carbonyl (C=O) groups is 10. The monoisotopic (exact) mass is 1340 g/mol. The molecule has 0 heterocycles. The summed E-state index contributed by atoms with van der Waals surface area (Å²) < 4.78 is 43.6. The van der Waals surface area contributed by atoms with Gasteiger partial charge in [-0.3, -0.25) is 59.4 Å². The van der Waals surface area contributed by atoms with E-state index in [1.807, 2.05) is 13.8 Å². The van der Waals surface area contributed by atoms with Crippen LogP contribution >= 0.6 is 0 Å². The highest BCUT2D eigenvalue weighted by Crippen LogP contribution is 2.17. The summed E-state index contributed by atoms with van der Waals surface area (Å²) in [5.74, 6) is -3.56. The van der Waals surface area contributed by atoms with Gasteiger partial charge in [-0.15, -0.1) is 0 Å². The molecular weight excluding hydrogens is 1210 g/mol. The van der Waals surface area contributed by atoms with E-state index in [0.717, 1.165) is 148 Å². The van der Waals surface area contributed by atoms with Crippen molar-refractivity contribution in [1.82, 2.24) is 5.48 Å². The second-order valence-corrected chi connectivity index (χ2v) is 24.7. The highest BCUT2D eigenvalue weighted by atomic mass is 16.7. The van der Waals surface area contributed by atoms with Crippen molar-refractivity contribution >= 4 is 59.5 Å². The van der Waals surface area contributed by atoms with Crippen LogP contribution in [-0.2, 0) is 90.7 Å². The highest BCUT2D eigenvalue weighted by Gasteiger charge is 2.22. The van der Waals surface area contributed by atoms with Gasteiger partial charge in [-0.25, -0.2) is 0 Å². The maximum absolute atomic E-state index is 12.9. The molecule has 5 N–H and O–H groups in total. The molecule has 22 nitrogen and oxygen atoms in total. The Kier molecular flexibility index (Phi) is 61.1. The van der Waals surface area contributed by atoms with Crippen molar-refractivity contribution in [2.45, 2.75) is 354 Å². The predicted octanol–water partition coefficient (Wildman–Crippen LogP) is 14.2. The number of rotatable bonds is 67. The first-order valence-electron chi connectivity index (χ1n) is 36.5. The van der Waals surface area contributed by atoms with Gasteiger partial charge in [0, 0.05) is 77.2 Å². The molecule has 0 aromatic carbocycles. The molecule has 0 amide bonds. The van der Waals surface area contributed by atoms with Crippen LogP contribution in [0.25, 0.3) is 0 Å². The molecule has 0 saturated carbocycles. The van der Waals surface area contributed by atoms with Crippen LogP contribution in [0.3, 0.4) is 0 Å². The number of hydrogen-bond acceptors (Lipinski definition) is 22. The maximum Gasteiger partial charge on any atom is 0.324 e. The molecule has 544 valence electrons. The molecule has 0 rings (SSSR count). The Hall–Kier alpha value is -5.48. The summed E-state index contributed by atoms with van der Waals surface area (Å²) in [5, 5.41) is 0. The quantitative estimate of drug-likeness (QED) is 0.0127. The van der Waals surface area contributed by atoms with Gasteiger partial charge < -0.3 is 42.7 Å². The van der Waals surface area contributed by atoms with Crippen LogP contribution in [0.5, 0.6) is 0 Å². The third-order valence-corrected chi connectivity index (χ3v) is 15.4. The average molecular weight is 1340 g/mol. The number of ketones is 1. The van der Waals surface area contributed by atoms with Crippen LogP contribution in [0, 0.1) is 0 Å². The van der Waals surface area contributed by atoms with E-state index in [9.17, 15) is 47.9 Å². The van der Waals surface area contributed by atoms with Gasteiger partial charge in [0.25, 0.3) is 0 Å². The lowest BCUT2D eigenvalue weighted by atomic mass is 10.0. The van der Waals surface area contributed by atoms with Gasteiger partial charge in [0.2, 0.25) is 0 Å². The largest absolute Gasteiger partial charge is 0.462 e.